The van der Waals surface area contributed by atoms with Crippen molar-refractivity contribution in [1.82, 2.24) is 19.6 Å². The number of hydrogen-bond donors (Lipinski definition) is 1. The Morgan fingerprint density at radius 1 is 1.42 bits per heavy atom. The normalized spacial score (nSPS) is 23.3. The molecular weight excluding hydrogens is 330 g/mol. The molecular formula is C15H23N5O3S. The molecule has 0 aliphatic carbocycles. The van der Waals surface area contributed by atoms with Crippen molar-refractivity contribution in [3.8, 4) is 0 Å². The molecule has 0 aromatic heterocycles. The third-order valence-corrected chi connectivity index (χ3v) is 4.74. The van der Waals surface area contributed by atoms with E-state index in [1.54, 1.807) is 18.4 Å². The lowest BCUT2D eigenvalue weighted by Crippen LogP contribution is -2.46. The molecule has 0 spiro atoms. The number of fused-ring (bicyclic) bond motifs is 2. The first-order valence-corrected chi connectivity index (χ1v) is 9.73. The second-order valence-corrected chi connectivity index (χ2v) is 7.86. The Morgan fingerprint density at radius 2 is 2.17 bits per heavy atom. The molecule has 3 aliphatic rings. The van der Waals surface area contributed by atoms with Crippen LogP contribution in [0.3, 0.4) is 0 Å². The molecule has 3 heterocycles. The maximum Gasteiger partial charge on any atom is 0.209 e. The van der Waals surface area contributed by atoms with Gasteiger partial charge < -0.3 is 9.80 Å². The number of nitrogens with zero attached hydrogens (tertiary/aromatic N) is 4. The van der Waals surface area contributed by atoms with E-state index in [0.29, 0.717) is 12.4 Å². The van der Waals surface area contributed by atoms with Crippen LogP contribution in [0.15, 0.2) is 40.2 Å². The lowest BCUT2D eigenvalue weighted by molar-refractivity contribution is -0.0968. The highest BCUT2D eigenvalue weighted by atomic mass is 32.2. The van der Waals surface area contributed by atoms with Crippen molar-refractivity contribution in [3.63, 3.8) is 0 Å². The first-order valence-electron chi connectivity index (χ1n) is 7.84. The Hall–Kier alpha value is -1.84. The van der Waals surface area contributed by atoms with E-state index in [4.69, 9.17) is 4.84 Å². The van der Waals surface area contributed by atoms with Gasteiger partial charge in [0.1, 0.15) is 18.2 Å². The summed E-state index contributed by atoms with van der Waals surface area (Å²) in [6.07, 6.45) is 7.76. The zero-order valence-corrected chi connectivity index (χ0v) is 15.2. The van der Waals surface area contributed by atoms with Gasteiger partial charge in [-0.05, 0) is 18.9 Å². The van der Waals surface area contributed by atoms with E-state index in [2.05, 4.69) is 26.4 Å². The Balaban J connectivity index is 2.04. The summed E-state index contributed by atoms with van der Waals surface area (Å²) in [6.45, 7) is 5.39. The summed E-state index contributed by atoms with van der Waals surface area (Å²) < 4.78 is 26.2. The standard InChI is InChI=1S/C15H23N5O3S/c1-5-6-18-8-11(2)13(17-24(4,21)22)14-15(18)20-10-19(23-3)9-12(20)7-16-14/h7-9,13,17H,5-6,10H2,1-4H3. The van der Waals surface area contributed by atoms with Gasteiger partial charge in [0.2, 0.25) is 10.0 Å². The van der Waals surface area contributed by atoms with Crippen LogP contribution in [0.2, 0.25) is 0 Å². The minimum Gasteiger partial charge on any atom is -0.333 e. The molecule has 0 radical (unpaired) electrons. The maximum atomic E-state index is 11.8. The minimum atomic E-state index is -3.36. The van der Waals surface area contributed by atoms with Gasteiger partial charge in [-0.15, -0.1) is 0 Å². The highest BCUT2D eigenvalue weighted by molar-refractivity contribution is 7.88. The predicted molar refractivity (Wildman–Crippen MR) is 91.7 cm³/mol. The monoisotopic (exact) mass is 353 g/mol. The molecule has 0 saturated heterocycles. The van der Waals surface area contributed by atoms with Crippen LogP contribution in [-0.2, 0) is 14.9 Å². The van der Waals surface area contributed by atoms with Crippen LogP contribution in [0.25, 0.3) is 0 Å². The van der Waals surface area contributed by atoms with Crippen molar-refractivity contribution in [2.45, 2.75) is 26.3 Å². The molecule has 1 unspecified atom stereocenters. The SMILES string of the molecule is CCCN1C=C(C)C(NS(C)(=O)=O)C2=C1N1CN(OC)C=C1C=N2. The number of nitrogens with one attached hydrogen (secondary N) is 1. The summed E-state index contributed by atoms with van der Waals surface area (Å²) in [5, 5.41) is 1.71. The van der Waals surface area contributed by atoms with E-state index >= 15 is 0 Å². The summed E-state index contributed by atoms with van der Waals surface area (Å²) in [6, 6.07) is -0.461. The fourth-order valence-electron chi connectivity index (χ4n) is 3.09. The second kappa shape index (κ2) is 6.23. The number of allylic oxidation sites excluding steroid dienone is 1. The van der Waals surface area contributed by atoms with Crippen molar-refractivity contribution in [2.24, 2.45) is 4.99 Å². The average molecular weight is 353 g/mol. The quantitative estimate of drug-likeness (QED) is 0.786. The number of hydrogen-bond acceptors (Lipinski definition) is 7. The fourth-order valence-corrected chi connectivity index (χ4v) is 3.82. The second-order valence-electron chi connectivity index (χ2n) is 6.08. The topological polar surface area (TPSA) is 77.5 Å². The first kappa shape index (κ1) is 17.0. The van der Waals surface area contributed by atoms with E-state index in [-0.39, 0.29) is 0 Å². The maximum absolute atomic E-state index is 11.8. The number of sulfonamides is 1. The summed E-state index contributed by atoms with van der Waals surface area (Å²) >= 11 is 0. The summed E-state index contributed by atoms with van der Waals surface area (Å²) in [4.78, 5) is 14.1. The van der Waals surface area contributed by atoms with Gasteiger partial charge in [0.15, 0.2) is 0 Å². The van der Waals surface area contributed by atoms with Gasteiger partial charge in [0.05, 0.1) is 37.5 Å². The molecule has 0 fully saturated rings. The molecule has 0 aromatic rings. The van der Waals surface area contributed by atoms with Gasteiger partial charge in [-0.3, -0.25) is 9.83 Å². The van der Waals surface area contributed by atoms with Crippen LogP contribution >= 0.6 is 0 Å². The van der Waals surface area contributed by atoms with E-state index in [0.717, 1.165) is 30.1 Å². The average Bonchev–Trinajstić information content (AvgIpc) is 2.93. The lowest BCUT2D eigenvalue weighted by Gasteiger charge is -2.40. The molecule has 0 aromatic carbocycles. The first-order chi connectivity index (χ1) is 11.3. The number of hydroxylamine groups is 2. The molecule has 132 valence electrons. The molecule has 24 heavy (non-hydrogen) atoms. The highest BCUT2D eigenvalue weighted by Crippen LogP contribution is 2.35. The summed E-state index contributed by atoms with van der Waals surface area (Å²) in [7, 11) is -1.74. The van der Waals surface area contributed by atoms with Crippen LogP contribution in [0.5, 0.6) is 0 Å². The number of rotatable bonds is 5. The molecule has 1 atom stereocenters. The third-order valence-electron chi connectivity index (χ3n) is 4.08. The smallest absolute Gasteiger partial charge is 0.209 e. The van der Waals surface area contributed by atoms with Gasteiger partial charge in [0.25, 0.3) is 0 Å². The van der Waals surface area contributed by atoms with Crippen molar-refractivity contribution in [3.05, 3.63) is 35.2 Å². The van der Waals surface area contributed by atoms with Crippen LogP contribution < -0.4 is 4.72 Å². The van der Waals surface area contributed by atoms with Crippen molar-refractivity contribution >= 4 is 16.2 Å². The Labute approximate surface area is 142 Å². The molecule has 0 saturated carbocycles. The highest BCUT2D eigenvalue weighted by Gasteiger charge is 2.37. The minimum absolute atomic E-state index is 0.461. The van der Waals surface area contributed by atoms with Crippen LogP contribution in [0.4, 0.5) is 0 Å². The molecule has 8 nitrogen and oxygen atoms in total. The van der Waals surface area contributed by atoms with Gasteiger partial charge >= 0.3 is 0 Å². The van der Waals surface area contributed by atoms with E-state index in [9.17, 15) is 8.42 Å². The van der Waals surface area contributed by atoms with Gasteiger partial charge in [0, 0.05) is 12.7 Å². The zero-order valence-electron chi connectivity index (χ0n) is 14.4. The van der Waals surface area contributed by atoms with Crippen molar-refractivity contribution < 1.29 is 13.3 Å². The Bertz CT molecular complexity index is 753. The fraction of sp³-hybridized carbons (Fsp3) is 0.533. The molecule has 9 heteroatoms. The van der Waals surface area contributed by atoms with E-state index < -0.39 is 16.1 Å². The van der Waals surface area contributed by atoms with Crippen molar-refractivity contribution in [2.75, 3.05) is 26.6 Å². The largest absolute Gasteiger partial charge is 0.333 e. The molecule has 0 bridgehead atoms. The van der Waals surface area contributed by atoms with Gasteiger partial charge in [-0.25, -0.2) is 18.2 Å². The van der Waals surface area contributed by atoms with Crippen molar-refractivity contribution in [1.29, 1.82) is 0 Å². The number of aliphatic imine (C=N–C) groups is 1. The Kier molecular flexibility index (Phi) is 4.41. The summed E-state index contributed by atoms with van der Waals surface area (Å²) in [5.74, 6) is 0.900. The van der Waals surface area contributed by atoms with E-state index in [1.165, 1.54) is 6.26 Å². The molecule has 3 aliphatic heterocycles. The molecule has 1 N–H and O–H groups in total. The van der Waals surface area contributed by atoms with Crippen LogP contribution in [-0.4, -0.2) is 62.1 Å². The van der Waals surface area contributed by atoms with Crippen LogP contribution in [0, 0.1) is 0 Å². The predicted octanol–water partition coefficient (Wildman–Crippen LogP) is 0.765. The third kappa shape index (κ3) is 3.06. The Morgan fingerprint density at radius 3 is 2.79 bits per heavy atom. The lowest BCUT2D eigenvalue weighted by atomic mass is 10.0. The van der Waals surface area contributed by atoms with Gasteiger partial charge in [-0.1, -0.05) is 6.92 Å². The molecule has 3 rings (SSSR count). The van der Waals surface area contributed by atoms with Crippen LogP contribution in [0.1, 0.15) is 20.3 Å². The zero-order chi connectivity index (χ0) is 17.5. The summed E-state index contributed by atoms with van der Waals surface area (Å²) in [5.41, 5.74) is 2.55. The van der Waals surface area contributed by atoms with E-state index in [1.807, 2.05) is 19.3 Å². The molecule has 0 amide bonds. The van der Waals surface area contributed by atoms with Gasteiger partial charge in [-0.2, -0.15) is 0 Å².